The second-order valence-electron chi connectivity index (χ2n) is 5.00. The summed E-state index contributed by atoms with van der Waals surface area (Å²) in [5.74, 6) is -1.29. The van der Waals surface area contributed by atoms with Gasteiger partial charge in [-0.25, -0.2) is 4.79 Å². The standard InChI is InChI=1S/C14H19NO4S/c1-3-10-8-11(20-9(10)2)12(16)15-14(13(17)18)4-6-19-7-5-14/h8H,3-7H2,1-2H3,(H,15,16)(H,17,18). The summed E-state index contributed by atoms with van der Waals surface area (Å²) in [6.45, 7) is 4.72. The van der Waals surface area contributed by atoms with Crippen LogP contribution < -0.4 is 5.32 Å². The molecule has 2 heterocycles. The van der Waals surface area contributed by atoms with E-state index >= 15 is 0 Å². The summed E-state index contributed by atoms with van der Waals surface area (Å²) in [4.78, 5) is 25.5. The van der Waals surface area contributed by atoms with Crippen molar-refractivity contribution in [2.45, 2.75) is 38.6 Å². The van der Waals surface area contributed by atoms with Gasteiger partial charge in [0.05, 0.1) is 4.88 Å². The van der Waals surface area contributed by atoms with Gasteiger partial charge in [-0.15, -0.1) is 11.3 Å². The number of thiophene rings is 1. The molecular weight excluding hydrogens is 278 g/mol. The molecule has 1 aromatic heterocycles. The molecule has 1 saturated heterocycles. The van der Waals surface area contributed by atoms with Crippen LogP contribution in [0.4, 0.5) is 0 Å². The minimum atomic E-state index is -1.19. The Balaban J connectivity index is 2.17. The van der Waals surface area contributed by atoms with E-state index in [1.54, 1.807) is 0 Å². The number of nitrogens with one attached hydrogen (secondary N) is 1. The molecule has 1 amide bonds. The first-order valence-electron chi connectivity index (χ1n) is 6.71. The lowest BCUT2D eigenvalue weighted by Gasteiger charge is -2.33. The van der Waals surface area contributed by atoms with E-state index in [0.29, 0.717) is 30.9 Å². The normalized spacial score (nSPS) is 17.7. The average molecular weight is 297 g/mol. The third-order valence-electron chi connectivity index (χ3n) is 3.73. The maximum absolute atomic E-state index is 12.3. The van der Waals surface area contributed by atoms with Crippen LogP contribution in [0.25, 0.3) is 0 Å². The summed E-state index contributed by atoms with van der Waals surface area (Å²) in [5, 5.41) is 12.1. The van der Waals surface area contributed by atoms with Crippen molar-refractivity contribution in [3.05, 3.63) is 21.4 Å². The number of amides is 1. The molecule has 0 aliphatic carbocycles. The molecule has 0 radical (unpaired) electrons. The van der Waals surface area contributed by atoms with Crippen LogP contribution in [0.15, 0.2) is 6.07 Å². The first-order valence-corrected chi connectivity index (χ1v) is 7.53. The summed E-state index contributed by atoms with van der Waals surface area (Å²) in [6, 6.07) is 1.85. The lowest BCUT2D eigenvalue weighted by molar-refractivity contribution is -0.148. The van der Waals surface area contributed by atoms with Crippen LogP contribution in [-0.2, 0) is 16.0 Å². The highest BCUT2D eigenvalue weighted by Crippen LogP contribution is 2.25. The molecule has 0 aromatic carbocycles. The van der Waals surface area contributed by atoms with Gasteiger partial charge < -0.3 is 15.2 Å². The number of hydrogen-bond acceptors (Lipinski definition) is 4. The Kier molecular flexibility index (Phi) is 4.45. The fraction of sp³-hybridized carbons (Fsp3) is 0.571. The zero-order valence-corrected chi connectivity index (χ0v) is 12.5. The Morgan fingerprint density at radius 1 is 1.45 bits per heavy atom. The Labute approximate surface area is 121 Å². The van der Waals surface area contributed by atoms with Gasteiger partial charge in [0, 0.05) is 30.9 Å². The maximum Gasteiger partial charge on any atom is 0.329 e. The fourth-order valence-corrected chi connectivity index (χ4v) is 3.38. The van der Waals surface area contributed by atoms with E-state index in [0.717, 1.165) is 16.9 Å². The van der Waals surface area contributed by atoms with Crippen molar-refractivity contribution in [3.63, 3.8) is 0 Å². The van der Waals surface area contributed by atoms with Gasteiger partial charge in [0.25, 0.3) is 5.91 Å². The van der Waals surface area contributed by atoms with Crippen molar-refractivity contribution in [1.82, 2.24) is 5.32 Å². The lowest BCUT2D eigenvalue weighted by atomic mass is 9.90. The van der Waals surface area contributed by atoms with Gasteiger partial charge in [0.1, 0.15) is 5.54 Å². The molecule has 2 N–H and O–H groups in total. The number of hydrogen-bond donors (Lipinski definition) is 2. The molecule has 0 saturated carbocycles. The third kappa shape index (κ3) is 2.86. The molecule has 0 bridgehead atoms. The van der Waals surface area contributed by atoms with E-state index in [1.807, 2.05) is 19.9 Å². The number of ether oxygens (including phenoxy) is 1. The van der Waals surface area contributed by atoms with E-state index in [4.69, 9.17) is 4.74 Å². The second kappa shape index (κ2) is 5.93. The van der Waals surface area contributed by atoms with Gasteiger partial charge in [-0.1, -0.05) is 6.92 Å². The van der Waals surface area contributed by atoms with Gasteiger partial charge in [-0.3, -0.25) is 4.79 Å². The van der Waals surface area contributed by atoms with E-state index in [-0.39, 0.29) is 5.91 Å². The predicted octanol–water partition coefficient (Wildman–Crippen LogP) is 1.98. The zero-order chi connectivity index (χ0) is 14.8. The molecule has 1 aliphatic rings. The van der Waals surface area contributed by atoms with Crippen LogP contribution in [0, 0.1) is 6.92 Å². The lowest BCUT2D eigenvalue weighted by Crippen LogP contribution is -2.57. The SMILES string of the molecule is CCc1cc(C(=O)NC2(C(=O)O)CCOCC2)sc1C. The predicted molar refractivity (Wildman–Crippen MR) is 76.3 cm³/mol. The third-order valence-corrected chi connectivity index (χ3v) is 4.83. The van der Waals surface area contributed by atoms with Gasteiger partial charge in [0.2, 0.25) is 0 Å². The summed E-state index contributed by atoms with van der Waals surface area (Å²) >= 11 is 1.41. The number of rotatable bonds is 4. The van der Waals surface area contributed by atoms with Crippen molar-refractivity contribution in [1.29, 1.82) is 0 Å². The van der Waals surface area contributed by atoms with Crippen molar-refractivity contribution < 1.29 is 19.4 Å². The topological polar surface area (TPSA) is 75.6 Å². The van der Waals surface area contributed by atoms with Crippen LogP contribution in [0.3, 0.4) is 0 Å². The molecule has 110 valence electrons. The van der Waals surface area contributed by atoms with Crippen LogP contribution in [0.1, 0.15) is 39.9 Å². The number of aryl methyl sites for hydroxylation is 2. The number of carbonyl (C=O) groups excluding carboxylic acids is 1. The number of carboxylic acid groups (broad SMARTS) is 1. The van der Waals surface area contributed by atoms with Crippen molar-refractivity contribution in [2.24, 2.45) is 0 Å². The van der Waals surface area contributed by atoms with Crippen LogP contribution in [-0.4, -0.2) is 35.7 Å². The molecule has 0 unspecified atom stereocenters. The Hall–Kier alpha value is -1.40. The van der Waals surface area contributed by atoms with Crippen molar-refractivity contribution >= 4 is 23.2 Å². The molecule has 5 nitrogen and oxygen atoms in total. The first-order chi connectivity index (χ1) is 9.48. The van der Waals surface area contributed by atoms with Gasteiger partial charge in [0.15, 0.2) is 0 Å². The molecule has 1 aromatic rings. The molecule has 2 rings (SSSR count). The highest BCUT2D eigenvalue weighted by Gasteiger charge is 2.41. The van der Waals surface area contributed by atoms with Crippen LogP contribution >= 0.6 is 11.3 Å². The minimum absolute atomic E-state index is 0.304. The summed E-state index contributed by atoms with van der Waals surface area (Å²) < 4.78 is 5.19. The smallest absolute Gasteiger partial charge is 0.329 e. The fourth-order valence-electron chi connectivity index (χ4n) is 2.37. The first kappa shape index (κ1) is 15.0. The molecule has 20 heavy (non-hydrogen) atoms. The minimum Gasteiger partial charge on any atom is -0.480 e. The summed E-state index contributed by atoms with van der Waals surface area (Å²) in [7, 11) is 0. The highest BCUT2D eigenvalue weighted by molar-refractivity contribution is 7.14. The number of carboxylic acids is 1. The molecule has 0 atom stereocenters. The van der Waals surface area contributed by atoms with Crippen molar-refractivity contribution in [2.75, 3.05) is 13.2 Å². The summed E-state index contributed by atoms with van der Waals surface area (Å²) in [5.41, 5.74) is -0.0592. The van der Waals surface area contributed by atoms with Gasteiger partial charge >= 0.3 is 5.97 Å². The number of carbonyl (C=O) groups is 2. The zero-order valence-electron chi connectivity index (χ0n) is 11.7. The average Bonchev–Trinajstić information content (AvgIpc) is 2.81. The largest absolute Gasteiger partial charge is 0.480 e. The van der Waals surface area contributed by atoms with E-state index in [1.165, 1.54) is 11.3 Å². The summed E-state index contributed by atoms with van der Waals surface area (Å²) in [6.07, 6.45) is 1.48. The van der Waals surface area contributed by atoms with E-state index in [2.05, 4.69) is 5.32 Å². The molecular formula is C14H19NO4S. The van der Waals surface area contributed by atoms with Crippen molar-refractivity contribution in [3.8, 4) is 0 Å². The van der Waals surface area contributed by atoms with Crippen LogP contribution in [0.5, 0.6) is 0 Å². The molecule has 6 heteroatoms. The second-order valence-corrected chi connectivity index (χ2v) is 6.26. The Bertz CT molecular complexity index is 517. The molecule has 1 aliphatic heterocycles. The maximum atomic E-state index is 12.3. The van der Waals surface area contributed by atoms with E-state index < -0.39 is 11.5 Å². The Morgan fingerprint density at radius 2 is 2.10 bits per heavy atom. The molecule has 0 spiro atoms. The highest BCUT2D eigenvalue weighted by atomic mass is 32.1. The van der Waals surface area contributed by atoms with E-state index in [9.17, 15) is 14.7 Å². The van der Waals surface area contributed by atoms with Gasteiger partial charge in [-0.05, 0) is 25.0 Å². The monoisotopic (exact) mass is 297 g/mol. The van der Waals surface area contributed by atoms with Gasteiger partial charge in [-0.2, -0.15) is 0 Å². The molecule has 1 fully saturated rings. The quantitative estimate of drug-likeness (QED) is 0.891. The number of aliphatic carboxylic acids is 1. The Morgan fingerprint density at radius 3 is 2.60 bits per heavy atom. The van der Waals surface area contributed by atoms with Crippen LogP contribution in [0.2, 0.25) is 0 Å².